The second-order valence-corrected chi connectivity index (χ2v) is 5.23. The Bertz CT molecular complexity index is 418. The van der Waals surface area contributed by atoms with E-state index in [2.05, 4.69) is 21.2 Å². The maximum atomic E-state index is 12.1. The highest BCUT2D eigenvalue weighted by molar-refractivity contribution is 9.10. The van der Waals surface area contributed by atoms with Crippen LogP contribution in [-0.4, -0.2) is 18.8 Å². The van der Waals surface area contributed by atoms with E-state index in [1.807, 2.05) is 0 Å². The van der Waals surface area contributed by atoms with Crippen molar-refractivity contribution in [1.82, 2.24) is 5.32 Å². The number of alkyl halides is 3. The summed E-state index contributed by atoms with van der Waals surface area (Å²) >= 11 is 3.30. The summed E-state index contributed by atoms with van der Waals surface area (Å²) in [5.41, 5.74) is 0.737. The van der Waals surface area contributed by atoms with Gasteiger partial charge in [0.25, 0.3) is 0 Å². The molecule has 0 aliphatic heterocycles. The van der Waals surface area contributed by atoms with Gasteiger partial charge < -0.3 is 10.1 Å². The van der Waals surface area contributed by atoms with Crippen LogP contribution in [0.4, 0.5) is 13.2 Å². The van der Waals surface area contributed by atoms with E-state index in [9.17, 15) is 13.2 Å². The smallest absolute Gasteiger partial charge is 0.422 e. The van der Waals surface area contributed by atoms with Crippen molar-refractivity contribution in [3.8, 4) is 5.75 Å². The zero-order valence-corrected chi connectivity index (χ0v) is 11.1. The van der Waals surface area contributed by atoms with Crippen LogP contribution >= 0.6 is 15.9 Å². The molecule has 1 aromatic carbocycles. The molecular formula is C12H13BrF3NO. The lowest BCUT2D eigenvalue weighted by atomic mass is 10.2. The Hall–Kier alpha value is -0.750. The Morgan fingerprint density at radius 2 is 2.06 bits per heavy atom. The maximum absolute atomic E-state index is 12.1. The minimum absolute atomic E-state index is 0.281. The van der Waals surface area contributed by atoms with Gasteiger partial charge in [-0.25, -0.2) is 0 Å². The molecule has 6 heteroatoms. The van der Waals surface area contributed by atoms with Crippen LogP contribution in [0.2, 0.25) is 0 Å². The van der Waals surface area contributed by atoms with E-state index in [0.717, 1.165) is 22.9 Å². The normalized spacial score (nSPS) is 15.8. The minimum Gasteiger partial charge on any atom is -0.484 e. The van der Waals surface area contributed by atoms with Gasteiger partial charge in [0.1, 0.15) is 5.75 Å². The summed E-state index contributed by atoms with van der Waals surface area (Å²) in [4.78, 5) is 0. The van der Waals surface area contributed by atoms with Gasteiger partial charge >= 0.3 is 6.18 Å². The van der Waals surface area contributed by atoms with E-state index in [1.54, 1.807) is 18.2 Å². The number of halogens is 4. The molecule has 2 rings (SSSR count). The molecule has 0 atom stereocenters. The quantitative estimate of drug-likeness (QED) is 0.893. The average molecular weight is 324 g/mol. The highest BCUT2D eigenvalue weighted by Gasteiger charge is 2.29. The monoisotopic (exact) mass is 323 g/mol. The highest BCUT2D eigenvalue weighted by atomic mass is 79.9. The zero-order chi connectivity index (χ0) is 13.2. The standard InChI is InChI=1S/C12H13BrF3NO/c13-9-1-4-11(18-7-12(14,15)16)8(5-9)6-17-10-2-3-10/h1,4-5,10,17H,2-3,6-7H2. The lowest BCUT2D eigenvalue weighted by molar-refractivity contribution is -0.153. The van der Waals surface area contributed by atoms with Crippen molar-refractivity contribution in [2.75, 3.05) is 6.61 Å². The maximum Gasteiger partial charge on any atom is 0.422 e. The van der Waals surface area contributed by atoms with Crippen LogP contribution in [0.1, 0.15) is 18.4 Å². The van der Waals surface area contributed by atoms with Crippen molar-refractivity contribution in [3.05, 3.63) is 28.2 Å². The molecule has 0 amide bonds. The molecule has 0 saturated heterocycles. The summed E-state index contributed by atoms with van der Waals surface area (Å²) < 4.78 is 42.0. The summed E-state index contributed by atoms with van der Waals surface area (Å²) in [5.74, 6) is 0.281. The van der Waals surface area contributed by atoms with Gasteiger partial charge in [0.2, 0.25) is 0 Å². The first-order chi connectivity index (χ1) is 8.44. The molecule has 1 fully saturated rings. The van der Waals surface area contributed by atoms with Gasteiger partial charge in [0, 0.05) is 22.6 Å². The number of benzene rings is 1. The van der Waals surface area contributed by atoms with Crippen molar-refractivity contribution in [3.63, 3.8) is 0 Å². The van der Waals surface area contributed by atoms with Crippen LogP contribution in [0.25, 0.3) is 0 Å². The number of nitrogens with one attached hydrogen (secondary N) is 1. The van der Waals surface area contributed by atoms with Crippen molar-refractivity contribution in [2.24, 2.45) is 0 Å². The molecule has 100 valence electrons. The first kappa shape index (κ1) is 13.7. The topological polar surface area (TPSA) is 21.3 Å². The molecule has 0 radical (unpaired) electrons. The number of hydrogen-bond acceptors (Lipinski definition) is 2. The third-order valence-electron chi connectivity index (χ3n) is 2.57. The van der Waals surface area contributed by atoms with Crippen molar-refractivity contribution in [2.45, 2.75) is 31.6 Å². The number of rotatable bonds is 5. The Balaban J connectivity index is 2.01. The molecule has 0 unspecified atom stereocenters. The van der Waals surface area contributed by atoms with Gasteiger partial charge in [-0.05, 0) is 31.0 Å². The van der Waals surface area contributed by atoms with E-state index >= 15 is 0 Å². The summed E-state index contributed by atoms with van der Waals surface area (Å²) in [6, 6.07) is 5.51. The second-order valence-electron chi connectivity index (χ2n) is 4.31. The van der Waals surface area contributed by atoms with Crippen LogP contribution in [0, 0.1) is 0 Å². The minimum atomic E-state index is -4.31. The average Bonchev–Trinajstić information content (AvgIpc) is 3.07. The van der Waals surface area contributed by atoms with Gasteiger partial charge in [-0.2, -0.15) is 13.2 Å². The summed E-state index contributed by atoms with van der Waals surface area (Å²) in [6.45, 7) is -0.734. The van der Waals surface area contributed by atoms with E-state index in [1.165, 1.54) is 0 Å². The second kappa shape index (κ2) is 5.48. The summed E-state index contributed by atoms with van der Waals surface area (Å²) in [5, 5.41) is 3.26. The molecule has 0 bridgehead atoms. The van der Waals surface area contributed by atoms with Crippen LogP contribution < -0.4 is 10.1 Å². The van der Waals surface area contributed by atoms with E-state index < -0.39 is 12.8 Å². The van der Waals surface area contributed by atoms with Crippen LogP contribution in [0.5, 0.6) is 5.75 Å². The van der Waals surface area contributed by atoms with Crippen LogP contribution in [0.3, 0.4) is 0 Å². The summed E-state index contributed by atoms with van der Waals surface area (Å²) in [7, 11) is 0. The fourth-order valence-electron chi connectivity index (χ4n) is 1.53. The molecule has 0 aromatic heterocycles. The molecule has 0 spiro atoms. The fraction of sp³-hybridized carbons (Fsp3) is 0.500. The molecule has 1 aromatic rings. The summed E-state index contributed by atoms with van der Waals surface area (Å²) in [6.07, 6.45) is -2.05. The van der Waals surface area contributed by atoms with Gasteiger partial charge in [-0.3, -0.25) is 0 Å². The first-order valence-electron chi connectivity index (χ1n) is 5.65. The highest BCUT2D eigenvalue weighted by Crippen LogP contribution is 2.27. The van der Waals surface area contributed by atoms with E-state index in [4.69, 9.17) is 4.74 Å². The largest absolute Gasteiger partial charge is 0.484 e. The van der Waals surface area contributed by atoms with Crippen molar-refractivity contribution in [1.29, 1.82) is 0 Å². The Labute approximate surface area is 112 Å². The predicted octanol–water partition coefficient (Wildman–Crippen LogP) is 3.64. The number of ether oxygens (including phenoxy) is 1. The molecule has 2 nitrogen and oxygen atoms in total. The molecule has 0 heterocycles. The van der Waals surface area contributed by atoms with Gasteiger partial charge in [-0.1, -0.05) is 15.9 Å². The van der Waals surface area contributed by atoms with Gasteiger partial charge in [0.05, 0.1) is 0 Å². The van der Waals surface area contributed by atoms with Crippen LogP contribution in [0.15, 0.2) is 22.7 Å². The van der Waals surface area contributed by atoms with Crippen molar-refractivity contribution < 1.29 is 17.9 Å². The Morgan fingerprint density at radius 3 is 2.67 bits per heavy atom. The molecule has 1 N–H and O–H groups in total. The van der Waals surface area contributed by atoms with Gasteiger partial charge in [-0.15, -0.1) is 0 Å². The SMILES string of the molecule is FC(F)(F)COc1ccc(Br)cc1CNC1CC1. The molecule has 1 aliphatic carbocycles. The third-order valence-corrected chi connectivity index (χ3v) is 3.07. The Kier molecular flexibility index (Phi) is 4.17. The molecule has 1 saturated carbocycles. The lowest BCUT2D eigenvalue weighted by Gasteiger charge is -2.14. The Morgan fingerprint density at radius 1 is 1.33 bits per heavy atom. The predicted molar refractivity (Wildman–Crippen MR) is 65.6 cm³/mol. The van der Waals surface area contributed by atoms with Gasteiger partial charge in [0.15, 0.2) is 6.61 Å². The van der Waals surface area contributed by atoms with Crippen LogP contribution in [-0.2, 0) is 6.54 Å². The first-order valence-corrected chi connectivity index (χ1v) is 6.45. The van der Waals surface area contributed by atoms with E-state index in [0.29, 0.717) is 12.6 Å². The number of hydrogen-bond donors (Lipinski definition) is 1. The molecule has 1 aliphatic rings. The lowest BCUT2D eigenvalue weighted by Crippen LogP contribution is -2.21. The zero-order valence-electron chi connectivity index (χ0n) is 9.56. The third kappa shape index (κ3) is 4.49. The fourth-order valence-corrected chi connectivity index (χ4v) is 1.94. The molecular weight excluding hydrogens is 311 g/mol. The molecule has 18 heavy (non-hydrogen) atoms. The van der Waals surface area contributed by atoms with E-state index in [-0.39, 0.29) is 5.75 Å². The van der Waals surface area contributed by atoms with Crippen molar-refractivity contribution >= 4 is 15.9 Å².